The minimum atomic E-state index is -0.866. The number of amides is 1. The van der Waals surface area contributed by atoms with Gasteiger partial charge in [-0.1, -0.05) is 12.1 Å². The van der Waals surface area contributed by atoms with Crippen LogP contribution in [0.15, 0.2) is 18.2 Å². The summed E-state index contributed by atoms with van der Waals surface area (Å²) in [6.45, 7) is 0.270. The summed E-state index contributed by atoms with van der Waals surface area (Å²) in [6, 6.07) is 4.33. The molecule has 0 aromatic heterocycles. The van der Waals surface area contributed by atoms with Gasteiger partial charge in [0.05, 0.1) is 6.61 Å². The van der Waals surface area contributed by atoms with Crippen LogP contribution < -0.4 is 0 Å². The number of aliphatic hydroxyl groups excluding tert-OH is 1. The summed E-state index contributed by atoms with van der Waals surface area (Å²) in [5, 5.41) is 9.02. The normalized spacial score (nSPS) is 24.6. The molecule has 2 fully saturated rings. The Morgan fingerprint density at radius 2 is 2.10 bits per heavy atom. The molecule has 5 heteroatoms. The highest BCUT2D eigenvalue weighted by Gasteiger charge is 2.49. The minimum absolute atomic E-state index is 0.0322. The van der Waals surface area contributed by atoms with Crippen molar-refractivity contribution in [1.82, 2.24) is 4.90 Å². The lowest BCUT2D eigenvalue weighted by atomic mass is 10.1. The highest BCUT2D eigenvalue weighted by atomic mass is 19.2. The van der Waals surface area contributed by atoms with Crippen molar-refractivity contribution < 1.29 is 18.7 Å². The van der Waals surface area contributed by atoms with E-state index < -0.39 is 11.6 Å². The fourth-order valence-electron chi connectivity index (χ4n) is 2.80. The van der Waals surface area contributed by atoms with Crippen LogP contribution in [0, 0.1) is 17.6 Å². The van der Waals surface area contributed by atoms with Gasteiger partial charge in [-0.15, -0.1) is 0 Å². The van der Waals surface area contributed by atoms with Gasteiger partial charge in [0.25, 0.3) is 0 Å². The summed E-state index contributed by atoms with van der Waals surface area (Å²) < 4.78 is 26.9. The Hall–Kier alpha value is -1.49. The van der Waals surface area contributed by atoms with Crippen LogP contribution in [-0.4, -0.2) is 35.1 Å². The quantitative estimate of drug-likeness (QED) is 0.897. The fraction of sp³-hybridized carbons (Fsp3) is 0.533. The maximum Gasteiger partial charge on any atom is 0.226 e. The van der Waals surface area contributed by atoms with Crippen molar-refractivity contribution in [2.45, 2.75) is 31.2 Å². The van der Waals surface area contributed by atoms with Crippen LogP contribution >= 0.6 is 0 Å². The lowest BCUT2D eigenvalue weighted by Crippen LogP contribution is -2.36. The summed E-state index contributed by atoms with van der Waals surface area (Å²) in [5.74, 6) is -2.23. The van der Waals surface area contributed by atoms with E-state index in [0.29, 0.717) is 18.5 Å². The fourth-order valence-corrected chi connectivity index (χ4v) is 2.80. The number of hydrogen-bond donors (Lipinski definition) is 1. The van der Waals surface area contributed by atoms with Crippen LogP contribution in [0.5, 0.6) is 0 Å². The van der Waals surface area contributed by atoms with Crippen molar-refractivity contribution in [3.05, 3.63) is 35.4 Å². The maximum absolute atomic E-state index is 13.7. The second kappa shape index (κ2) is 5.13. The van der Waals surface area contributed by atoms with E-state index in [1.807, 2.05) is 0 Å². The number of hydrogen-bond acceptors (Lipinski definition) is 2. The molecule has 108 valence electrons. The second-order valence-electron chi connectivity index (χ2n) is 5.58. The number of nitrogens with zero attached hydrogens (tertiary/aromatic N) is 1. The molecule has 1 N–H and O–H groups in total. The molecule has 3 rings (SSSR count). The van der Waals surface area contributed by atoms with Crippen LogP contribution in [0.1, 0.15) is 30.7 Å². The summed E-state index contributed by atoms with van der Waals surface area (Å²) >= 11 is 0. The van der Waals surface area contributed by atoms with Gasteiger partial charge in [0.15, 0.2) is 11.6 Å². The van der Waals surface area contributed by atoms with Gasteiger partial charge in [-0.05, 0) is 36.8 Å². The molecule has 0 unspecified atom stereocenters. The zero-order valence-electron chi connectivity index (χ0n) is 11.1. The Morgan fingerprint density at radius 1 is 1.35 bits per heavy atom. The Balaban J connectivity index is 1.71. The average Bonchev–Trinajstić information content (AvgIpc) is 3.30. The Labute approximate surface area is 116 Å². The standard InChI is InChI=1S/C15H17F2NO2/c16-13-3-1-2-10(14(13)17)11-8-12(11)15(20)18(6-7-19)9-4-5-9/h1-3,9,11-12,19H,4-8H2/t11-,12-/m0/s1. The Kier molecular flexibility index (Phi) is 3.46. The Bertz CT molecular complexity index is 531. The lowest BCUT2D eigenvalue weighted by molar-refractivity contribution is -0.133. The van der Waals surface area contributed by atoms with Gasteiger partial charge in [0.2, 0.25) is 5.91 Å². The van der Waals surface area contributed by atoms with Gasteiger partial charge in [-0.3, -0.25) is 4.79 Å². The molecule has 0 saturated heterocycles. The number of benzene rings is 1. The van der Waals surface area contributed by atoms with Crippen LogP contribution in [0.2, 0.25) is 0 Å². The van der Waals surface area contributed by atoms with E-state index in [2.05, 4.69) is 0 Å². The van der Waals surface area contributed by atoms with E-state index in [9.17, 15) is 13.6 Å². The average molecular weight is 281 g/mol. The van der Waals surface area contributed by atoms with Crippen LogP contribution in [0.4, 0.5) is 8.78 Å². The molecule has 2 aliphatic rings. The summed E-state index contributed by atoms with van der Waals surface area (Å²) in [6.07, 6.45) is 2.50. The van der Waals surface area contributed by atoms with E-state index in [0.717, 1.165) is 18.9 Å². The monoisotopic (exact) mass is 281 g/mol. The SMILES string of the molecule is O=C([C@H]1C[C@H]1c1cccc(F)c1F)N(CCO)C1CC1. The molecule has 2 saturated carbocycles. The third-order valence-electron chi connectivity index (χ3n) is 4.10. The minimum Gasteiger partial charge on any atom is -0.395 e. The third kappa shape index (κ3) is 2.42. The van der Waals surface area contributed by atoms with E-state index >= 15 is 0 Å². The zero-order valence-corrected chi connectivity index (χ0v) is 11.1. The van der Waals surface area contributed by atoms with E-state index in [1.165, 1.54) is 6.07 Å². The smallest absolute Gasteiger partial charge is 0.226 e. The van der Waals surface area contributed by atoms with Gasteiger partial charge in [0.1, 0.15) is 0 Å². The van der Waals surface area contributed by atoms with Crippen molar-refractivity contribution in [3.8, 4) is 0 Å². The molecule has 0 bridgehead atoms. The highest BCUT2D eigenvalue weighted by molar-refractivity contribution is 5.83. The summed E-state index contributed by atoms with van der Waals surface area (Å²) in [4.78, 5) is 14.1. The van der Waals surface area contributed by atoms with E-state index in [-0.39, 0.29) is 30.4 Å². The van der Waals surface area contributed by atoms with Crippen molar-refractivity contribution in [2.24, 2.45) is 5.92 Å². The summed E-state index contributed by atoms with van der Waals surface area (Å²) in [5.41, 5.74) is 0.295. The zero-order chi connectivity index (χ0) is 14.3. The predicted molar refractivity (Wildman–Crippen MR) is 69.0 cm³/mol. The molecule has 1 aromatic carbocycles. The number of aliphatic hydroxyl groups is 1. The molecule has 20 heavy (non-hydrogen) atoms. The van der Waals surface area contributed by atoms with Crippen LogP contribution in [-0.2, 0) is 4.79 Å². The highest BCUT2D eigenvalue weighted by Crippen LogP contribution is 2.50. The van der Waals surface area contributed by atoms with Crippen LogP contribution in [0.3, 0.4) is 0 Å². The van der Waals surface area contributed by atoms with Crippen molar-refractivity contribution in [3.63, 3.8) is 0 Å². The number of carbonyl (C=O) groups is 1. The molecular weight excluding hydrogens is 264 g/mol. The number of carbonyl (C=O) groups excluding carboxylic acids is 1. The van der Waals surface area contributed by atoms with Crippen molar-refractivity contribution in [2.75, 3.05) is 13.2 Å². The van der Waals surface area contributed by atoms with Gasteiger partial charge < -0.3 is 10.0 Å². The molecule has 3 nitrogen and oxygen atoms in total. The first-order valence-electron chi connectivity index (χ1n) is 6.98. The number of halogens is 2. The third-order valence-corrected chi connectivity index (χ3v) is 4.10. The largest absolute Gasteiger partial charge is 0.395 e. The van der Waals surface area contributed by atoms with E-state index in [4.69, 9.17) is 5.11 Å². The van der Waals surface area contributed by atoms with Gasteiger partial charge >= 0.3 is 0 Å². The maximum atomic E-state index is 13.7. The predicted octanol–water partition coefficient (Wildman–Crippen LogP) is 2.05. The first kappa shape index (κ1) is 13.5. The second-order valence-corrected chi connectivity index (χ2v) is 5.58. The Morgan fingerprint density at radius 3 is 2.75 bits per heavy atom. The molecule has 1 amide bonds. The molecule has 0 heterocycles. The van der Waals surface area contributed by atoms with Crippen molar-refractivity contribution >= 4 is 5.91 Å². The van der Waals surface area contributed by atoms with Gasteiger partial charge in [-0.25, -0.2) is 8.78 Å². The molecule has 0 radical (unpaired) electrons. The summed E-state index contributed by atoms with van der Waals surface area (Å²) in [7, 11) is 0. The molecular formula is C15H17F2NO2. The topological polar surface area (TPSA) is 40.5 Å². The first-order chi connectivity index (χ1) is 9.63. The van der Waals surface area contributed by atoms with Gasteiger partial charge in [-0.2, -0.15) is 0 Å². The van der Waals surface area contributed by atoms with Gasteiger partial charge in [0, 0.05) is 18.5 Å². The molecule has 1 aromatic rings. The molecule has 2 atom stereocenters. The van der Waals surface area contributed by atoms with Crippen LogP contribution in [0.25, 0.3) is 0 Å². The molecule has 0 spiro atoms. The van der Waals surface area contributed by atoms with E-state index in [1.54, 1.807) is 11.0 Å². The van der Waals surface area contributed by atoms with Crippen molar-refractivity contribution in [1.29, 1.82) is 0 Å². The molecule has 2 aliphatic carbocycles. The lowest BCUT2D eigenvalue weighted by Gasteiger charge is -2.21. The first-order valence-corrected chi connectivity index (χ1v) is 6.98. The number of rotatable bonds is 5. The molecule has 0 aliphatic heterocycles.